The van der Waals surface area contributed by atoms with E-state index in [1.807, 2.05) is 0 Å². The summed E-state index contributed by atoms with van der Waals surface area (Å²) in [6, 6.07) is 4.99. The molecule has 1 rings (SSSR count). The molecular formula is C9H8Cl2O. The molecule has 0 fully saturated rings. The number of rotatable bonds is 2. The Kier molecular flexibility index (Phi) is 3.01. The first-order valence-corrected chi connectivity index (χ1v) is 4.26. The number of aromatic hydroxyl groups is 1. The van der Waals surface area contributed by atoms with Gasteiger partial charge in [0.25, 0.3) is 0 Å². The fraction of sp³-hybridized carbons (Fsp3) is 0.111. The molecule has 12 heavy (non-hydrogen) atoms. The number of halogens is 2. The molecule has 1 nitrogen and oxygen atoms in total. The van der Waals surface area contributed by atoms with E-state index in [-0.39, 0.29) is 5.75 Å². The predicted octanol–water partition coefficient (Wildman–Crippen LogP) is 3.51. The third kappa shape index (κ3) is 1.93. The van der Waals surface area contributed by atoms with Gasteiger partial charge in [0, 0.05) is 5.56 Å². The molecule has 0 aliphatic carbocycles. The molecule has 0 unspecified atom stereocenters. The molecule has 0 radical (unpaired) electrons. The van der Waals surface area contributed by atoms with Gasteiger partial charge in [0.2, 0.25) is 0 Å². The normalized spacial score (nSPS) is 10.2. The summed E-state index contributed by atoms with van der Waals surface area (Å²) in [6.45, 7) is 3.59. The zero-order valence-electron chi connectivity index (χ0n) is 6.30. The molecular weight excluding hydrogens is 195 g/mol. The molecule has 0 atom stereocenters. The minimum Gasteiger partial charge on any atom is -0.508 e. The van der Waals surface area contributed by atoms with Crippen molar-refractivity contribution in [2.24, 2.45) is 0 Å². The molecule has 0 amide bonds. The Morgan fingerprint density at radius 3 is 2.58 bits per heavy atom. The third-order valence-electron chi connectivity index (χ3n) is 1.52. The van der Waals surface area contributed by atoms with Crippen molar-refractivity contribution in [3.63, 3.8) is 0 Å². The second-order valence-electron chi connectivity index (χ2n) is 2.32. The summed E-state index contributed by atoms with van der Waals surface area (Å²) in [6.07, 6.45) is 1.67. The quantitative estimate of drug-likeness (QED) is 0.729. The Balaban J connectivity index is 3.16. The highest BCUT2D eigenvalue weighted by Gasteiger charge is 2.08. The summed E-state index contributed by atoms with van der Waals surface area (Å²) in [4.78, 5) is -0.704. The van der Waals surface area contributed by atoms with Crippen LogP contribution in [0.3, 0.4) is 0 Å². The number of alkyl halides is 2. The van der Waals surface area contributed by atoms with Crippen LogP contribution in [0.4, 0.5) is 0 Å². The van der Waals surface area contributed by atoms with Gasteiger partial charge < -0.3 is 5.11 Å². The Morgan fingerprint density at radius 1 is 1.42 bits per heavy atom. The fourth-order valence-electron chi connectivity index (χ4n) is 0.875. The van der Waals surface area contributed by atoms with E-state index >= 15 is 0 Å². The van der Waals surface area contributed by atoms with Crippen molar-refractivity contribution in [2.45, 2.75) is 4.84 Å². The smallest absolute Gasteiger partial charge is 0.136 e. The van der Waals surface area contributed by atoms with Crippen LogP contribution in [-0.2, 0) is 0 Å². The highest BCUT2D eigenvalue weighted by Crippen LogP contribution is 2.32. The lowest BCUT2D eigenvalue weighted by atomic mass is 10.1. The average Bonchev–Trinajstić information content (AvgIpc) is 2.05. The lowest BCUT2D eigenvalue weighted by Gasteiger charge is -2.05. The van der Waals surface area contributed by atoms with Gasteiger partial charge in [0.05, 0.1) is 0 Å². The maximum Gasteiger partial charge on any atom is 0.136 e. The topological polar surface area (TPSA) is 20.2 Å². The lowest BCUT2D eigenvalue weighted by molar-refractivity contribution is 0.470. The molecule has 0 saturated carbocycles. The molecule has 0 aromatic heterocycles. The summed E-state index contributed by atoms with van der Waals surface area (Å²) in [5, 5.41) is 9.30. The van der Waals surface area contributed by atoms with Crippen LogP contribution in [0.1, 0.15) is 16.0 Å². The van der Waals surface area contributed by atoms with Gasteiger partial charge >= 0.3 is 0 Å². The van der Waals surface area contributed by atoms with Crippen molar-refractivity contribution in [1.82, 2.24) is 0 Å². The molecule has 0 aliphatic heterocycles. The molecule has 0 aliphatic rings. The Hall–Kier alpha value is -0.660. The van der Waals surface area contributed by atoms with Crippen molar-refractivity contribution >= 4 is 29.3 Å². The molecule has 1 aromatic rings. The van der Waals surface area contributed by atoms with Gasteiger partial charge in [-0.3, -0.25) is 0 Å². The molecule has 1 N–H and O–H groups in total. The van der Waals surface area contributed by atoms with E-state index in [1.54, 1.807) is 24.3 Å². The van der Waals surface area contributed by atoms with Gasteiger partial charge in [0.1, 0.15) is 10.6 Å². The van der Waals surface area contributed by atoms with Gasteiger partial charge in [-0.2, -0.15) is 0 Å². The second kappa shape index (κ2) is 3.83. The van der Waals surface area contributed by atoms with Crippen LogP contribution in [0.2, 0.25) is 0 Å². The molecule has 64 valence electrons. The van der Waals surface area contributed by atoms with E-state index in [2.05, 4.69) is 6.58 Å². The van der Waals surface area contributed by atoms with Crippen molar-refractivity contribution in [3.05, 3.63) is 35.9 Å². The van der Waals surface area contributed by atoms with Gasteiger partial charge in [-0.1, -0.05) is 41.9 Å². The highest BCUT2D eigenvalue weighted by molar-refractivity contribution is 6.44. The number of hydrogen-bond donors (Lipinski definition) is 1. The van der Waals surface area contributed by atoms with Crippen LogP contribution in [0.5, 0.6) is 5.75 Å². The van der Waals surface area contributed by atoms with Crippen LogP contribution < -0.4 is 0 Å². The number of phenolic OH excluding ortho intramolecular Hbond substituents is 1. The highest BCUT2D eigenvalue weighted by atomic mass is 35.5. The summed E-state index contributed by atoms with van der Waals surface area (Å²) in [5.74, 6) is 0.107. The Bertz CT molecular complexity index is 295. The van der Waals surface area contributed by atoms with Crippen molar-refractivity contribution in [2.75, 3.05) is 0 Å². The molecule has 1 aromatic carbocycles. The average molecular weight is 203 g/mol. The van der Waals surface area contributed by atoms with Crippen molar-refractivity contribution in [1.29, 1.82) is 0 Å². The monoisotopic (exact) mass is 202 g/mol. The Labute approximate surface area is 81.2 Å². The van der Waals surface area contributed by atoms with E-state index < -0.39 is 4.84 Å². The van der Waals surface area contributed by atoms with Crippen molar-refractivity contribution in [3.8, 4) is 5.75 Å². The SMILES string of the molecule is C=Cc1ccc(O)c(C(Cl)Cl)c1. The van der Waals surface area contributed by atoms with Crippen LogP contribution >= 0.6 is 23.2 Å². The maximum absolute atomic E-state index is 9.30. The van der Waals surface area contributed by atoms with Crippen molar-refractivity contribution < 1.29 is 5.11 Å². The van der Waals surface area contributed by atoms with Gasteiger partial charge in [-0.05, 0) is 17.7 Å². The zero-order chi connectivity index (χ0) is 9.14. The van der Waals surface area contributed by atoms with Crippen LogP contribution in [-0.4, -0.2) is 5.11 Å². The molecule has 3 heteroatoms. The Morgan fingerprint density at radius 2 is 2.08 bits per heavy atom. The summed E-state index contributed by atoms with van der Waals surface area (Å²) >= 11 is 11.2. The zero-order valence-corrected chi connectivity index (χ0v) is 7.81. The first-order chi connectivity index (χ1) is 5.65. The minimum atomic E-state index is -0.704. The number of hydrogen-bond acceptors (Lipinski definition) is 1. The van der Waals surface area contributed by atoms with E-state index in [9.17, 15) is 5.11 Å². The first kappa shape index (κ1) is 9.43. The van der Waals surface area contributed by atoms with Crippen LogP contribution in [0.25, 0.3) is 6.08 Å². The summed E-state index contributed by atoms with van der Waals surface area (Å²) in [7, 11) is 0. The molecule has 0 heterocycles. The lowest BCUT2D eigenvalue weighted by Crippen LogP contribution is -1.84. The standard InChI is InChI=1S/C9H8Cl2O/c1-2-6-3-4-8(12)7(5-6)9(10)11/h2-5,9,12H,1H2. The van der Waals surface area contributed by atoms with Gasteiger partial charge in [0.15, 0.2) is 0 Å². The van der Waals surface area contributed by atoms with Crippen LogP contribution in [0, 0.1) is 0 Å². The van der Waals surface area contributed by atoms with E-state index in [1.165, 1.54) is 0 Å². The van der Waals surface area contributed by atoms with Crippen LogP contribution in [0.15, 0.2) is 24.8 Å². The third-order valence-corrected chi connectivity index (χ3v) is 1.99. The van der Waals surface area contributed by atoms with E-state index in [0.29, 0.717) is 5.56 Å². The fourth-order valence-corrected chi connectivity index (χ4v) is 1.22. The molecule has 0 bridgehead atoms. The summed E-state index contributed by atoms with van der Waals surface area (Å²) in [5.41, 5.74) is 1.39. The largest absolute Gasteiger partial charge is 0.508 e. The van der Waals surface area contributed by atoms with E-state index in [0.717, 1.165) is 5.56 Å². The van der Waals surface area contributed by atoms with Gasteiger partial charge in [-0.15, -0.1) is 0 Å². The minimum absolute atomic E-state index is 0.107. The predicted molar refractivity (Wildman–Crippen MR) is 52.6 cm³/mol. The molecule has 0 saturated heterocycles. The van der Waals surface area contributed by atoms with E-state index in [4.69, 9.17) is 23.2 Å². The maximum atomic E-state index is 9.30. The second-order valence-corrected chi connectivity index (χ2v) is 3.42. The first-order valence-electron chi connectivity index (χ1n) is 3.38. The molecule has 0 spiro atoms. The number of phenols is 1. The number of benzene rings is 1. The summed E-state index contributed by atoms with van der Waals surface area (Å²) < 4.78 is 0. The van der Waals surface area contributed by atoms with Gasteiger partial charge in [-0.25, -0.2) is 0 Å².